The van der Waals surface area contributed by atoms with Crippen LogP contribution in [-0.2, 0) is 6.42 Å². The summed E-state index contributed by atoms with van der Waals surface area (Å²) in [5, 5.41) is 12.4. The number of hydrogen-bond donors (Lipinski definition) is 2. The van der Waals surface area contributed by atoms with Gasteiger partial charge in [-0.05, 0) is 43.2 Å². The Morgan fingerprint density at radius 3 is 2.63 bits per heavy atom. The molecule has 0 radical (unpaired) electrons. The van der Waals surface area contributed by atoms with Crippen LogP contribution in [-0.4, -0.2) is 24.3 Å². The molecule has 2 nitrogen and oxygen atoms in total. The van der Waals surface area contributed by atoms with Crippen molar-refractivity contribution in [2.45, 2.75) is 46.1 Å². The van der Waals surface area contributed by atoms with Gasteiger partial charge in [-0.2, -0.15) is 0 Å². The Kier molecular flexibility index (Phi) is 6.46. The normalized spacial score (nSPS) is 13.5. The van der Waals surface area contributed by atoms with Crippen molar-refractivity contribution in [3.63, 3.8) is 0 Å². The molecule has 108 valence electrons. The second-order valence-corrected chi connectivity index (χ2v) is 6.05. The van der Waals surface area contributed by atoms with Gasteiger partial charge in [0.2, 0.25) is 0 Å². The third-order valence-corrected chi connectivity index (χ3v) is 3.52. The smallest absolute Gasteiger partial charge is 0.126 e. The second kappa shape index (κ2) is 7.61. The van der Waals surface area contributed by atoms with Crippen molar-refractivity contribution >= 4 is 0 Å². The van der Waals surface area contributed by atoms with E-state index in [1.165, 1.54) is 6.07 Å². The predicted molar refractivity (Wildman–Crippen MR) is 77.7 cm³/mol. The Balaban J connectivity index is 2.32. The minimum atomic E-state index is -0.115. The van der Waals surface area contributed by atoms with Gasteiger partial charge in [0.05, 0.1) is 0 Å². The molecule has 1 aromatic rings. The zero-order chi connectivity index (χ0) is 14.3. The van der Waals surface area contributed by atoms with Crippen LogP contribution < -0.4 is 5.32 Å². The van der Waals surface area contributed by atoms with Crippen LogP contribution in [0, 0.1) is 11.2 Å². The summed E-state index contributed by atoms with van der Waals surface area (Å²) in [6, 6.07) is 7.30. The van der Waals surface area contributed by atoms with E-state index < -0.39 is 0 Å². The number of hydrogen-bond acceptors (Lipinski definition) is 2. The summed E-state index contributed by atoms with van der Waals surface area (Å²) in [7, 11) is 0. The summed E-state index contributed by atoms with van der Waals surface area (Å²) in [4.78, 5) is 0. The van der Waals surface area contributed by atoms with Crippen LogP contribution in [0.15, 0.2) is 24.3 Å². The average molecular weight is 267 g/mol. The zero-order valence-corrected chi connectivity index (χ0v) is 12.2. The number of benzene rings is 1. The number of nitrogens with one attached hydrogen (secondary N) is 1. The lowest BCUT2D eigenvalue weighted by Gasteiger charge is -2.26. The van der Waals surface area contributed by atoms with Crippen LogP contribution in [0.25, 0.3) is 0 Å². The summed E-state index contributed by atoms with van der Waals surface area (Å²) in [5.41, 5.74) is 0.881. The molecule has 1 aromatic carbocycles. The highest BCUT2D eigenvalue weighted by atomic mass is 19.1. The topological polar surface area (TPSA) is 32.3 Å². The molecule has 0 fully saturated rings. The van der Waals surface area contributed by atoms with E-state index in [9.17, 15) is 4.39 Å². The molecule has 3 heteroatoms. The Morgan fingerprint density at radius 1 is 1.32 bits per heavy atom. The van der Waals surface area contributed by atoms with Crippen LogP contribution in [0.4, 0.5) is 4.39 Å². The minimum Gasteiger partial charge on any atom is -0.396 e. The molecule has 0 aliphatic heterocycles. The van der Waals surface area contributed by atoms with Crippen molar-refractivity contribution in [1.29, 1.82) is 0 Å². The number of aliphatic hydroxyl groups is 1. The SMILES string of the molecule is CC(CCc1ccccc1F)NCC(C)(C)CCO. The zero-order valence-electron chi connectivity index (χ0n) is 12.2. The first kappa shape index (κ1) is 16.1. The first-order chi connectivity index (χ1) is 8.94. The molecule has 0 heterocycles. The summed E-state index contributed by atoms with van der Waals surface area (Å²) < 4.78 is 13.5. The third kappa shape index (κ3) is 6.17. The lowest BCUT2D eigenvalue weighted by molar-refractivity contribution is 0.203. The number of rotatable bonds is 8. The monoisotopic (exact) mass is 267 g/mol. The van der Waals surface area contributed by atoms with E-state index in [0.29, 0.717) is 6.04 Å². The Labute approximate surface area is 116 Å². The van der Waals surface area contributed by atoms with Gasteiger partial charge >= 0.3 is 0 Å². The first-order valence-electron chi connectivity index (χ1n) is 7.02. The van der Waals surface area contributed by atoms with Crippen LogP contribution in [0.1, 0.15) is 39.2 Å². The van der Waals surface area contributed by atoms with Crippen LogP contribution in [0.3, 0.4) is 0 Å². The molecule has 0 spiro atoms. The van der Waals surface area contributed by atoms with E-state index in [-0.39, 0.29) is 17.8 Å². The van der Waals surface area contributed by atoms with E-state index in [1.807, 2.05) is 12.1 Å². The van der Waals surface area contributed by atoms with Crippen molar-refractivity contribution < 1.29 is 9.50 Å². The summed E-state index contributed by atoms with van der Waals surface area (Å²) in [6.07, 6.45) is 2.46. The minimum absolute atomic E-state index is 0.0982. The number of halogens is 1. The molecule has 0 amide bonds. The maximum atomic E-state index is 13.5. The molecule has 0 aromatic heterocycles. The van der Waals surface area contributed by atoms with Gasteiger partial charge in [-0.25, -0.2) is 4.39 Å². The van der Waals surface area contributed by atoms with Crippen molar-refractivity contribution in [3.8, 4) is 0 Å². The van der Waals surface area contributed by atoms with Crippen LogP contribution in [0.5, 0.6) is 0 Å². The maximum Gasteiger partial charge on any atom is 0.126 e. The molecule has 1 rings (SSSR count). The molecule has 0 bridgehead atoms. The molecule has 0 aliphatic carbocycles. The van der Waals surface area contributed by atoms with Gasteiger partial charge < -0.3 is 10.4 Å². The Bertz CT molecular complexity index is 379. The van der Waals surface area contributed by atoms with E-state index in [0.717, 1.165) is 31.4 Å². The standard InChI is InChI=1S/C16H26FNO/c1-13(18-12-16(2,3)10-11-19)8-9-14-6-4-5-7-15(14)17/h4-7,13,18-19H,8-12H2,1-3H3. The quantitative estimate of drug-likeness (QED) is 0.758. The van der Waals surface area contributed by atoms with Crippen molar-refractivity contribution in [2.24, 2.45) is 5.41 Å². The molecule has 0 saturated heterocycles. The predicted octanol–water partition coefficient (Wildman–Crippen LogP) is 3.15. The fourth-order valence-electron chi connectivity index (χ4n) is 2.02. The van der Waals surface area contributed by atoms with Crippen molar-refractivity contribution in [1.82, 2.24) is 5.32 Å². The van der Waals surface area contributed by atoms with Gasteiger partial charge in [-0.15, -0.1) is 0 Å². The number of aliphatic hydroxyl groups excluding tert-OH is 1. The number of aryl methyl sites for hydroxylation is 1. The largest absolute Gasteiger partial charge is 0.396 e. The van der Waals surface area contributed by atoms with E-state index in [4.69, 9.17) is 5.11 Å². The molecule has 1 atom stereocenters. The van der Waals surface area contributed by atoms with Crippen LogP contribution >= 0.6 is 0 Å². The van der Waals surface area contributed by atoms with Gasteiger partial charge in [0.15, 0.2) is 0 Å². The van der Waals surface area contributed by atoms with Crippen molar-refractivity contribution in [3.05, 3.63) is 35.6 Å². The Morgan fingerprint density at radius 2 is 2.00 bits per heavy atom. The highest BCUT2D eigenvalue weighted by Crippen LogP contribution is 2.18. The molecular formula is C16H26FNO. The highest BCUT2D eigenvalue weighted by molar-refractivity contribution is 5.17. The average Bonchev–Trinajstić information content (AvgIpc) is 2.35. The highest BCUT2D eigenvalue weighted by Gasteiger charge is 2.17. The summed E-state index contributed by atoms with van der Waals surface area (Å²) >= 11 is 0. The van der Waals surface area contributed by atoms with Crippen LogP contribution in [0.2, 0.25) is 0 Å². The van der Waals surface area contributed by atoms with Gasteiger partial charge in [0.1, 0.15) is 5.82 Å². The van der Waals surface area contributed by atoms with Gasteiger partial charge in [-0.3, -0.25) is 0 Å². The summed E-state index contributed by atoms with van der Waals surface area (Å²) in [6.45, 7) is 7.49. The lowest BCUT2D eigenvalue weighted by atomic mass is 9.89. The maximum absolute atomic E-state index is 13.5. The third-order valence-electron chi connectivity index (χ3n) is 3.52. The first-order valence-corrected chi connectivity index (χ1v) is 7.02. The van der Waals surface area contributed by atoms with Gasteiger partial charge in [0.25, 0.3) is 0 Å². The second-order valence-electron chi connectivity index (χ2n) is 6.05. The van der Waals surface area contributed by atoms with Gasteiger partial charge in [0, 0.05) is 19.2 Å². The fraction of sp³-hybridized carbons (Fsp3) is 0.625. The summed E-state index contributed by atoms with van der Waals surface area (Å²) in [5.74, 6) is -0.115. The van der Waals surface area contributed by atoms with E-state index >= 15 is 0 Å². The molecule has 19 heavy (non-hydrogen) atoms. The van der Waals surface area contributed by atoms with E-state index in [1.54, 1.807) is 6.07 Å². The molecular weight excluding hydrogens is 241 g/mol. The Hall–Kier alpha value is -0.930. The molecule has 1 unspecified atom stereocenters. The molecule has 0 aliphatic rings. The van der Waals surface area contributed by atoms with Gasteiger partial charge in [-0.1, -0.05) is 32.0 Å². The van der Waals surface area contributed by atoms with E-state index in [2.05, 4.69) is 26.1 Å². The fourth-order valence-corrected chi connectivity index (χ4v) is 2.02. The van der Waals surface area contributed by atoms with Crippen molar-refractivity contribution in [2.75, 3.05) is 13.2 Å². The lowest BCUT2D eigenvalue weighted by Crippen LogP contribution is -2.36. The molecule has 0 saturated carbocycles. The molecule has 2 N–H and O–H groups in total.